The van der Waals surface area contributed by atoms with E-state index in [0.29, 0.717) is 0 Å². The van der Waals surface area contributed by atoms with Gasteiger partial charge in [-0.1, -0.05) is 13.8 Å². The van der Waals surface area contributed by atoms with E-state index in [1.165, 1.54) is 17.1 Å². The first-order chi connectivity index (χ1) is 8.65. The minimum atomic E-state index is -3.88. The third-order valence-electron chi connectivity index (χ3n) is 2.63. The SMILES string of the molecule is CC(C)[C@@H](NS(=O)(=O)c1cnn(C(C)C)c1)C(=O)O. The van der Waals surface area contributed by atoms with Crippen LogP contribution in [0, 0.1) is 5.92 Å². The number of nitrogens with one attached hydrogen (secondary N) is 1. The van der Waals surface area contributed by atoms with Gasteiger partial charge < -0.3 is 5.11 Å². The second kappa shape index (κ2) is 5.70. The Kier molecular flexibility index (Phi) is 4.70. The predicted molar refractivity (Wildman–Crippen MR) is 69.2 cm³/mol. The van der Waals surface area contributed by atoms with Crippen molar-refractivity contribution >= 4 is 16.0 Å². The van der Waals surface area contributed by atoms with Crippen molar-refractivity contribution in [2.45, 2.75) is 44.7 Å². The van der Waals surface area contributed by atoms with E-state index >= 15 is 0 Å². The summed E-state index contributed by atoms with van der Waals surface area (Å²) < 4.78 is 27.8. The second-order valence-corrected chi connectivity index (χ2v) is 6.64. The topological polar surface area (TPSA) is 101 Å². The normalized spacial score (nSPS) is 14.0. The Hall–Kier alpha value is -1.41. The summed E-state index contributed by atoms with van der Waals surface area (Å²) in [4.78, 5) is 11.0. The number of aliphatic carboxylic acids is 1. The first-order valence-corrected chi connectivity index (χ1v) is 7.42. The van der Waals surface area contributed by atoms with E-state index in [1.54, 1.807) is 13.8 Å². The molecule has 0 unspecified atom stereocenters. The fourth-order valence-electron chi connectivity index (χ4n) is 1.45. The molecule has 0 spiro atoms. The largest absolute Gasteiger partial charge is 0.480 e. The number of sulfonamides is 1. The van der Waals surface area contributed by atoms with Crippen molar-refractivity contribution in [3.8, 4) is 0 Å². The van der Waals surface area contributed by atoms with Crippen molar-refractivity contribution < 1.29 is 18.3 Å². The summed E-state index contributed by atoms with van der Waals surface area (Å²) in [6.45, 7) is 7.01. The van der Waals surface area contributed by atoms with Crippen molar-refractivity contribution in [3.63, 3.8) is 0 Å². The molecule has 2 N–H and O–H groups in total. The summed E-state index contributed by atoms with van der Waals surface area (Å²) in [5.41, 5.74) is 0. The van der Waals surface area contributed by atoms with Gasteiger partial charge in [0.15, 0.2) is 0 Å². The first kappa shape index (κ1) is 15.6. The zero-order chi connectivity index (χ0) is 14.8. The molecule has 0 aliphatic heterocycles. The second-order valence-electron chi connectivity index (χ2n) is 4.93. The van der Waals surface area contributed by atoms with Crippen molar-refractivity contribution in [1.82, 2.24) is 14.5 Å². The highest BCUT2D eigenvalue weighted by molar-refractivity contribution is 7.89. The van der Waals surface area contributed by atoms with Gasteiger partial charge in [0.1, 0.15) is 10.9 Å². The molecule has 1 atom stereocenters. The van der Waals surface area contributed by atoms with Crippen LogP contribution in [0.15, 0.2) is 17.3 Å². The van der Waals surface area contributed by atoms with Crippen molar-refractivity contribution in [1.29, 1.82) is 0 Å². The molecule has 0 aliphatic carbocycles. The molecule has 0 aromatic carbocycles. The lowest BCUT2D eigenvalue weighted by atomic mass is 10.1. The number of hydrogen-bond donors (Lipinski definition) is 2. The standard InChI is InChI=1S/C11H19N3O4S/c1-7(2)10(11(15)16)13-19(17,18)9-5-12-14(6-9)8(3)4/h5-8,10,13H,1-4H3,(H,15,16)/t10-/m1/s1. The Labute approximate surface area is 112 Å². The van der Waals surface area contributed by atoms with Gasteiger partial charge in [0.25, 0.3) is 0 Å². The Balaban J connectivity index is 3.00. The molecule has 1 aromatic heterocycles. The maximum absolute atomic E-state index is 12.1. The molecule has 0 fully saturated rings. The van der Waals surface area contributed by atoms with Crippen molar-refractivity contribution in [2.24, 2.45) is 5.92 Å². The predicted octanol–water partition coefficient (Wildman–Crippen LogP) is 0.851. The summed E-state index contributed by atoms with van der Waals surface area (Å²) >= 11 is 0. The lowest BCUT2D eigenvalue weighted by Gasteiger charge is -2.17. The Bertz CT molecular complexity index is 548. The number of aromatic nitrogens is 2. The van der Waals surface area contributed by atoms with E-state index in [0.717, 1.165) is 0 Å². The van der Waals surface area contributed by atoms with Gasteiger partial charge in [-0.25, -0.2) is 8.42 Å². The van der Waals surface area contributed by atoms with Gasteiger partial charge in [0.2, 0.25) is 10.0 Å². The Morgan fingerprint density at radius 3 is 2.32 bits per heavy atom. The van der Waals surface area contributed by atoms with E-state index in [9.17, 15) is 13.2 Å². The third kappa shape index (κ3) is 3.77. The monoisotopic (exact) mass is 289 g/mol. The maximum Gasteiger partial charge on any atom is 0.322 e. The Morgan fingerprint density at radius 1 is 1.37 bits per heavy atom. The highest BCUT2D eigenvalue weighted by Gasteiger charge is 2.28. The average Bonchev–Trinajstić information content (AvgIpc) is 2.75. The van der Waals surface area contributed by atoms with Crippen LogP contribution in [0.25, 0.3) is 0 Å². The summed E-state index contributed by atoms with van der Waals surface area (Å²) in [7, 11) is -3.88. The summed E-state index contributed by atoms with van der Waals surface area (Å²) in [5.74, 6) is -1.55. The number of rotatable bonds is 6. The minimum Gasteiger partial charge on any atom is -0.480 e. The number of hydrogen-bond acceptors (Lipinski definition) is 4. The molecule has 1 aromatic rings. The molecule has 19 heavy (non-hydrogen) atoms. The van der Waals surface area contributed by atoms with E-state index in [1.807, 2.05) is 13.8 Å². The molecule has 0 saturated carbocycles. The molecule has 0 aliphatic rings. The van der Waals surface area contributed by atoms with E-state index in [2.05, 4.69) is 9.82 Å². The van der Waals surface area contributed by atoms with Gasteiger partial charge in [-0.2, -0.15) is 9.82 Å². The average molecular weight is 289 g/mol. The summed E-state index contributed by atoms with van der Waals surface area (Å²) in [5, 5.41) is 12.9. The zero-order valence-corrected chi connectivity index (χ0v) is 12.2. The van der Waals surface area contributed by atoms with Gasteiger partial charge in [-0.15, -0.1) is 0 Å². The number of carbonyl (C=O) groups is 1. The molecule has 0 amide bonds. The van der Waals surface area contributed by atoms with Gasteiger partial charge in [-0.3, -0.25) is 9.48 Å². The maximum atomic E-state index is 12.1. The van der Waals surface area contributed by atoms with Crippen LogP contribution in [0.4, 0.5) is 0 Å². The summed E-state index contributed by atoms with van der Waals surface area (Å²) in [6, 6.07) is -1.13. The molecule has 7 nitrogen and oxygen atoms in total. The van der Waals surface area contributed by atoms with Crippen LogP contribution in [-0.2, 0) is 14.8 Å². The molecule has 1 rings (SSSR count). The summed E-state index contributed by atoms with van der Waals surface area (Å²) in [6.07, 6.45) is 2.59. The van der Waals surface area contributed by atoms with E-state index in [-0.39, 0.29) is 16.9 Å². The van der Waals surface area contributed by atoms with Crippen LogP contribution in [0.1, 0.15) is 33.7 Å². The fraction of sp³-hybridized carbons (Fsp3) is 0.636. The molecule has 0 radical (unpaired) electrons. The van der Waals surface area contributed by atoms with Crippen LogP contribution >= 0.6 is 0 Å². The van der Waals surface area contributed by atoms with Crippen LogP contribution in [-0.4, -0.2) is 35.3 Å². The molecular formula is C11H19N3O4S. The van der Waals surface area contributed by atoms with Crippen molar-refractivity contribution in [3.05, 3.63) is 12.4 Å². The molecule has 1 heterocycles. The highest BCUT2D eigenvalue weighted by Crippen LogP contribution is 2.13. The third-order valence-corrected chi connectivity index (χ3v) is 4.03. The number of nitrogens with zero attached hydrogens (tertiary/aromatic N) is 2. The highest BCUT2D eigenvalue weighted by atomic mass is 32.2. The minimum absolute atomic E-state index is 0.0318. The molecular weight excluding hydrogens is 270 g/mol. The van der Waals surface area contributed by atoms with E-state index < -0.39 is 22.0 Å². The van der Waals surface area contributed by atoms with Gasteiger partial charge >= 0.3 is 5.97 Å². The Morgan fingerprint density at radius 2 is 1.95 bits per heavy atom. The lowest BCUT2D eigenvalue weighted by Crippen LogP contribution is -2.44. The van der Waals surface area contributed by atoms with Gasteiger partial charge in [0, 0.05) is 12.2 Å². The quantitative estimate of drug-likeness (QED) is 0.808. The molecule has 8 heteroatoms. The lowest BCUT2D eigenvalue weighted by molar-refractivity contribution is -0.140. The van der Waals surface area contributed by atoms with Crippen LogP contribution < -0.4 is 4.72 Å². The van der Waals surface area contributed by atoms with Gasteiger partial charge in [0.05, 0.1) is 6.20 Å². The fourth-order valence-corrected chi connectivity index (χ4v) is 2.72. The molecule has 0 saturated heterocycles. The van der Waals surface area contributed by atoms with Gasteiger partial charge in [-0.05, 0) is 19.8 Å². The number of carboxylic acids is 1. The van der Waals surface area contributed by atoms with E-state index in [4.69, 9.17) is 5.11 Å². The smallest absolute Gasteiger partial charge is 0.322 e. The molecule has 0 bridgehead atoms. The van der Waals surface area contributed by atoms with Crippen LogP contribution in [0.2, 0.25) is 0 Å². The molecule has 108 valence electrons. The first-order valence-electron chi connectivity index (χ1n) is 5.94. The van der Waals surface area contributed by atoms with Crippen LogP contribution in [0.3, 0.4) is 0 Å². The van der Waals surface area contributed by atoms with Crippen molar-refractivity contribution in [2.75, 3.05) is 0 Å². The van der Waals surface area contributed by atoms with Crippen LogP contribution in [0.5, 0.6) is 0 Å². The zero-order valence-electron chi connectivity index (χ0n) is 11.4. The number of carboxylic acid groups (broad SMARTS) is 1.